The highest BCUT2D eigenvalue weighted by Crippen LogP contribution is 2.38. The first kappa shape index (κ1) is 19.7. The molecule has 1 N–H and O–H groups in total. The van der Waals surface area contributed by atoms with E-state index in [9.17, 15) is 17.6 Å². The Labute approximate surface area is 168 Å². The summed E-state index contributed by atoms with van der Waals surface area (Å²) in [5.74, 6) is 0.448. The summed E-state index contributed by atoms with van der Waals surface area (Å²) < 4.78 is 61.3. The van der Waals surface area contributed by atoms with Crippen LogP contribution in [0, 0.1) is 5.82 Å². The van der Waals surface area contributed by atoms with E-state index >= 15 is 0 Å². The summed E-state index contributed by atoms with van der Waals surface area (Å²) in [6.45, 7) is 0.0988. The highest BCUT2D eigenvalue weighted by atomic mass is 19.4. The summed E-state index contributed by atoms with van der Waals surface area (Å²) >= 11 is 0. The Hall–Kier alpha value is -3.62. The molecule has 30 heavy (non-hydrogen) atoms. The molecular formula is C21H16F4N4O. The summed E-state index contributed by atoms with van der Waals surface area (Å²) in [5.41, 5.74) is 0.108. The minimum absolute atomic E-state index is 0.00493. The van der Waals surface area contributed by atoms with Crippen molar-refractivity contribution in [2.24, 2.45) is 0 Å². The Bertz CT molecular complexity index is 1200. The number of pyridine rings is 1. The fourth-order valence-corrected chi connectivity index (χ4v) is 3.31. The predicted octanol–water partition coefficient (Wildman–Crippen LogP) is 5.17. The van der Waals surface area contributed by atoms with Crippen LogP contribution in [0.5, 0.6) is 5.75 Å². The maximum absolute atomic E-state index is 14.2. The second-order valence-electron chi connectivity index (χ2n) is 6.47. The Morgan fingerprint density at radius 1 is 1.00 bits per heavy atom. The van der Waals surface area contributed by atoms with Gasteiger partial charge >= 0.3 is 6.18 Å². The number of methoxy groups -OCH3 is 1. The number of halogens is 4. The van der Waals surface area contributed by atoms with E-state index in [0.717, 1.165) is 6.07 Å². The number of aromatic nitrogens is 3. The van der Waals surface area contributed by atoms with E-state index in [1.807, 2.05) is 0 Å². The summed E-state index contributed by atoms with van der Waals surface area (Å²) in [5, 5.41) is 10.9. The third-order valence-electron chi connectivity index (χ3n) is 4.72. The molecule has 0 unspecified atom stereocenters. The van der Waals surface area contributed by atoms with Crippen LogP contribution in [0.4, 0.5) is 23.4 Å². The topological polar surface area (TPSA) is 51.5 Å². The van der Waals surface area contributed by atoms with Crippen molar-refractivity contribution in [2.75, 3.05) is 12.4 Å². The van der Waals surface area contributed by atoms with Crippen molar-refractivity contribution in [2.45, 2.75) is 12.7 Å². The van der Waals surface area contributed by atoms with Crippen molar-refractivity contribution in [1.82, 2.24) is 14.6 Å². The van der Waals surface area contributed by atoms with Crippen LogP contribution in [-0.2, 0) is 12.7 Å². The molecule has 0 saturated carbocycles. The minimum atomic E-state index is -4.51. The normalized spacial score (nSPS) is 11.6. The number of hydrogen-bond acceptors (Lipinski definition) is 4. The Kier molecular flexibility index (Phi) is 5.03. The fourth-order valence-electron chi connectivity index (χ4n) is 3.31. The average molecular weight is 416 g/mol. The molecule has 2 aromatic heterocycles. The van der Waals surface area contributed by atoms with Crippen molar-refractivity contribution in [3.63, 3.8) is 0 Å². The van der Waals surface area contributed by atoms with Crippen molar-refractivity contribution in [1.29, 1.82) is 0 Å². The molecule has 4 aromatic rings. The molecule has 0 amide bonds. The molecule has 2 heterocycles. The first-order valence-corrected chi connectivity index (χ1v) is 8.94. The molecule has 4 rings (SSSR count). The van der Waals surface area contributed by atoms with Gasteiger partial charge in [0.1, 0.15) is 23.7 Å². The van der Waals surface area contributed by atoms with Crippen LogP contribution in [-0.4, -0.2) is 21.7 Å². The summed E-state index contributed by atoms with van der Waals surface area (Å²) in [6.07, 6.45) is -3.12. The van der Waals surface area contributed by atoms with Gasteiger partial charge in [-0.1, -0.05) is 24.3 Å². The molecule has 2 aromatic carbocycles. The molecule has 0 spiro atoms. The molecule has 0 bridgehead atoms. The molecule has 0 aliphatic heterocycles. The van der Waals surface area contributed by atoms with Crippen molar-refractivity contribution < 1.29 is 22.3 Å². The average Bonchev–Trinajstić information content (AvgIpc) is 3.22. The van der Waals surface area contributed by atoms with Crippen LogP contribution >= 0.6 is 0 Å². The van der Waals surface area contributed by atoms with E-state index in [1.165, 1.54) is 48.2 Å². The van der Waals surface area contributed by atoms with E-state index < -0.39 is 17.6 Å². The molecular weight excluding hydrogens is 400 g/mol. The minimum Gasteiger partial charge on any atom is -0.496 e. The highest BCUT2D eigenvalue weighted by molar-refractivity contribution is 5.81. The van der Waals surface area contributed by atoms with E-state index in [-0.39, 0.29) is 23.3 Å². The number of rotatable bonds is 5. The number of fused-ring (bicyclic) bond motifs is 1. The number of hydrogen-bond donors (Lipinski definition) is 1. The van der Waals surface area contributed by atoms with Crippen LogP contribution in [0.25, 0.3) is 16.8 Å². The standard InChI is InChI=1S/C21H16F4N4O/c1-30-18-8-4-7-17(22)15(18)11-26-19-10-9-14(20-28-27-12-29(19)20)13-5-2-3-6-16(13)21(23,24)25/h2-10,12,26H,11H2,1H3. The van der Waals surface area contributed by atoms with Crippen LogP contribution < -0.4 is 10.1 Å². The van der Waals surface area contributed by atoms with E-state index in [1.54, 1.807) is 18.2 Å². The van der Waals surface area contributed by atoms with Crippen LogP contribution in [0.3, 0.4) is 0 Å². The predicted molar refractivity (Wildman–Crippen MR) is 104 cm³/mol. The van der Waals surface area contributed by atoms with Gasteiger partial charge in [-0.25, -0.2) is 4.39 Å². The van der Waals surface area contributed by atoms with Gasteiger partial charge in [-0.05, 0) is 35.9 Å². The van der Waals surface area contributed by atoms with Gasteiger partial charge in [-0.2, -0.15) is 13.2 Å². The quantitative estimate of drug-likeness (QED) is 0.456. The van der Waals surface area contributed by atoms with Crippen molar-refractivity contribution >= 4 is 11.5 Å². The Morgan fingerprint density at radius 2 is 1.80 bits per heavy atom. The zero-order valence-electron chi connectivity index (χ0n) is 15.7. The van der Waals surface area contributed by atoms with Crippen LogP contribution in [0.2, 0.25) is 0 Å². The molecule has 0 atom stereocenters. The van der Waals surface area contributed by atoms with Gasteiger partial charge in [-0.3, -0.25) is 4.40 Å². The number of alkyl halides is 3. The largest absolute Gasteiger partial charge is 0.496 e. The van der Waals surface area contributed by atoms with E-state index in [4.69, 9.17) is 4.74 Å². The molecule has 5 nitrogen and oxygen atoms in total. The lowest BCUT2D eigenvalue weighted by Crippen LogP contribution is -2.09. The maximum atomic E-state index is 14.2. The molecule has 0 radical (unpaired) electrons. The van der Waals surface area contributed by atoms with Gasteiger partial charge in [-0.15, -0.1) is 10.2 Å². The first-order valence-electron chi connectivity index (χ1n) is 8.94. The Morgan fingerprint density at radius 3 is 2.57 bits per heavy atom. The van der Waals surface area contributed by atoms with Gasteiger partial charge in [0.25, 0.3) is 0 Å². The summed E-state index contributed by atoms with van der Waals surface area (Å²) in [7, 11) is 1.45. The maximum Gasteiger partial charge on any atom is 0.417 e. The summed E-state index contributed by atoms with van der Waals surface area (Å²) in [4.78, 5) is 0. The van der Waals surface area contributed by atoms with Gasteiger partial charge < -0.3 is 10.1 Å². The molecule has 0 aliphatic carbocycles. The number of nitrogens with zero attached hydrogens (tertiary/aromatic N) is 3. The molecule has 9 heteroatoms. The SMILES string of the molecule is COc1cccc(F)c1CNc1ccc(-c2ccccc2C(F)(F)F)c2nncn12. The van der Waals surface area contributed by atoms with Crippen molar-refractivity contribution in [3.8, 4) is 16.9 Å². The molecule has 154 valence electrons. The lowest BCUT2D eigenvalue weighted by molar-refractivity contribution is -0.137. The third kappa shape index (κ3) is 3.54. The third-order valence-corrected chi connectivity index (χ3v) is 4.72. The first-order chi connectivity index (χ1) is 14.4. The fraction of sp³-hybridized carbons (Fsp3) is 0.143. The zero-order chi connectivity index (χ0) is 21.3. The summed E-state index contributed by atoms with van der Waals surface area (Å²) in [6, 6.07) is 12.9. The van der Waals surface area contributed by atoms with E-state index in [0.29, 0.717) is 17.1 Å². The lowest BCUT2D eigenvalue weighted by Gasteiger charge is -2.16. The Balaban J connectivity index is 1.73. The van der Waals surface area contributed by atoms with Crippen molar-refractivity contribution in [3.05, 3.63) is 77.9 Å². The van der Waals surface area contributed by atoms with Crippen LogP contribution in [0.1, 0.15) is 11.1 Å². The number of ether oxygens (including phenoxy) is 1. The lowest BCUT2D eigenvalue weighted by atomic mass is 10.00. The van der Waals surface area contributed by atoms with Crippen LogP contribution in [0.15, 0.2) is 60.9 Å². The van der Waals surface area contributed by atoms with Gasteiger partial charge in [0.05, 0.1) is 12.7 Å². The second-order valence-corrected chi connectivity index (χ2v) is 6.47. The van der Waals surface area contributed by atoms with Gasteiger partial charge in [0, 0.05) is 17.7 Å². The number of benzene rings is 2. The smallest absolute Gasteiger partial charge is 0.417 e. The molecule has 0 saturated heterocycles. The van der Waals surface area contributed by atoms with E-state index in [2.05, 4.69) is 15.5 Å². The van der Waals surface area contributed by atoms with Gasteiger partial charge in [0.15, 0.2) is 5.65 Å². The molecule has 0 aliphatic rings. The monoisotopic (exact) mass is 416 g/mol. The highest BCUT2D eigenvalue weighted by Gasteiger charge is 2.34. The number of anilines is 1. The van der Waals surface area contributed by atoms with Gasteiger partial charge in [0.2, 0.25) is 0 Å². The zero-order valence-corrected chi connectivity index (χ0v) is 15.7. The molecule has 0 fully saturated rings. The number of nitrogens with one attached hydrogen (secondary N) is 1. The second kappa shape index (κ2) is 7.66.